The van der Waals surface area contributed by atoms with Crippen LogP contribution in [0.25, 0.3) is 0 Å². The first-order chi connectivity index (χ1) is 9.58. The van der Waals surface area contributed by atoms with Crippen molar-refractivity contribution in [3.05, 3.63) is 57.9 Å². The molecule has 0 atom stereocenters. The predicted octanol–water partition coefficient (Wildman–Crippen LogP) is 1.52. The smallest absolute Gasteiger partial charge is 0.273 e. The first-order valence-electron chi connectivity index (χ1n) is 6.02. The molecule has 0 spiro atoms. The van der Waals surface area contributed by atoms with Crippen molar-refractivity contribution < 1.29 is 9.72 Å². The van der Waals surface area contributed by atoms with Crippen LogP contribution in [0.4, 0.5) is 5.69 Å². The van der Waals surface area contributed by atoms with E-state index >= 15 is 0 Å². The second-order valence-electron chi connectivity index (χ2n) is 4.42. The third-order valence-corrected chi connectivity index (χ3v) is 2.93. The number of amides is 1. The van der Waals surface area contributed by atoms with Crippen LogP contribution in [0.5, 0.6) is 0 Å². The Hall–Kier alpha value is -2.70. The number of aromatic amines is 1. The zero-order valence-electron chi connectivity index (χ0n) is 10.9. The van der Waals surface area contributed by atoms with Crippen LogP contribution in [0.3, 0.4) is 0 Å². The van der Waals surface area contributed by atoms with Gasteiger partial charge in [-0.05, 0) is 0 Å². The van der Waals surface area contributed by atoms with E-state index in [1.54, 1.807) is 37.6 Å². The molecule has 0 saturated heterocycles. The van der Waals surface area contributed by atoms with Crippen molar-refractivity contribution in [2.75, 3.05) is 7.05 Å². The lowest BCUT2D eigenvalue weighted by molar-refractivity contribution is -0.385. The molecule has 0 bridgehead atoms. The topological polar surface area (TPSA) is 92.1 Å². The number of aromatic nitrogens is 2. The Balaban J connectivity index is 2.06. The Morgan fingerprint density at radius 3 is 2.85 bits per heavy atom. The van der Waals surface area contributed by atoms with Gasteiger partial charge in [0.1, 0.15) is 0 Å². The van der Waals surface area contributed by atoms with E-state index in [9.17, 15) is 14.9 Å². The molecular formula is C13H14N4O3. The largest absolute Gasteiger partial charge is 0.341 e. The summed E-state index contributed by atoms with van der Waals surface area (Å²) in [5.74, 6) is -0.180. The van der Waals surface area contributed by atoms with Gasteiger partial charge in [0.15, 0.2) is 0 Å². The van der Waals surface area contributed by atoms with E-state index < -0.39 is 4.92 Å². The molecule has 0 radical (unpaired) electrons. The van der Waals surface area contributed by atoms with Gasteiger partial charge in [0.2, 0.25) is 5.91 Å². The van der Waals surface area contributed by atoms with Gasteiger partial charge in [-0.2, -0.15) is 5.10 Å². The van der Waals surface area contributed by atoms with Crippen molar-refractivity contribution in [3.63, 3.8) is 0 Å². The molecule has 2 rings (SSSR count). The molecule has 0 aliphatic carbocycles. The van der Waals surface area contributed by atoms with Gasteiger partial charge >= 0.3 is 0 Å². The molecule has 0 aliphatic heterocycles. The fraction of sp³-hybridized carbons (Fsp3) is 0.231. The number of nitro groups is 1. The van der Waals surface area contributed by atoms with E-state index in [1.807, 2.05) is 0 Å². The summed E-state index contributed by atoms with van der Waals surface area (Å²) in [6.45, 7) is 0.413. The van der Waals surface area contributed by atoms with Crippen molar-refractivity contribution in [3.8, 4) is 0 Å². The Labute approximate surface area is 115 Å². The summed E-state index contributed by atoms with van der Waals surface area (Å²) in [7, 11) is 1.66. The quantitative estimate of drug-likeness (QED) is 0.661. The van der Waals surface area contributed by atoms with Crippen LogP contribution in [0.1, 0.15) is 11.1 Å². The third-order valence-electron chi connectivity index (χ3n) is 2.93. The molecule has 7 heteroatoms. The van der Waals surface area contributed by atoms with Crippen molar-refractivity contribution in [1.82, 2.24) is 15.1 Å². The van der Waals surface area contributed by atoms with Crippen LogP contribution >= 0.6 is 0 Å². The maximum Gasteiger partial charge on any atom is 0.273 e. The van der Waals surface area contributed by atoms with Gasteiger partial charge in [-0.15, -0.1) is 0 Å². The van der Waals surface area contributed by atoms with E-state index in [-0.39, 0.29) is 18.0 Å². The average molecular weight is 274 g/mol. The van der Waals surface area contributed by atoms with Crippen LogP contribution in [-0.4, -0.2) is 33.0 Å². The normalized spacial score (nSPS) is 10.2. The van der Waals surface area contributed by atoms with E-state index in [1.165, 1.54) is 11.0 Å². The monoisotopic (exact) mass is 274 g/mol. The number of nitrogens with zero attached hydrogens (tertiary/aromatic N) is 3. The van der Waals surface area contributed by atoms with Crippen molar-refractivity contribution in [2.24, 2.45) is 0 Å². The van der Waals surface area contributed by atoms with Gasteiger partial charge < -0.3 is 4.90 Å². The number of carbonyl (C=O) groups excluding carboxylic acids is 1. The van der Waals surface area contributed by atoms with Gasteiger partial charge in [0.05, 0.1) is 17.5 Å². The molecule has 2 aromatic rings. The average Bonchev–Trinajstić information content (AvgIpc) is 2.91. The standard InChI is InChI=1S/C13H14N4O3/c1-16(9-10-7-14-15-8-10)13(18)6-11-4-2-3-5-12(11)17(19)20/h2-5,7-8H,6,9H2,1H3,(H,14,15). The summed E-state index contributed by atoms with van der Waals surface area (Å²) < 4.78 is 0. The van der Waals surface area contributed by atoms with E-state index in [2.05, 4.69) is 10.2 Å². The molecule has 1 aromatic heterocycles. The zero-order valence-corrected chi connectivity index (χ0v) is 10.9. The number of rotatable bonds is 5. The van der Waals surface area contributed by atoms with Gasteiger partial charge in [0, 0.05) is 37.0 Å². The van der Waals surface area contributed by atoms with Crippen LogP contribution in [0.2, 0.25) is 0 Å². The van der Waals surface area contributed by atoms with Gasteiger partial charge in [0.25, 0.3) is 5.69 Å². The molecule has 7 nitrogen and oxygen atoms in total. The minimum absolute atomic E-state index is 0.00546. The lowest BCUT2D eigenvalue weighted by Gasteiger charge is -2.16. The SMILES string of the molecule is CN(Cc1cn[nH]c1)C(=O)Cc1ccccc1[N+](=O)[O-]. The maximum absolute atomic E-state index is 12.1. The minimum Gasteiger partial charge on any atom is -0.341 e. The molecule has 1 amide bonds. The van der Waals surface area contributed by atoms with Crippen molar-refractivity contribution in [2.45, 2.75) is 13.0 Å². The number of carbonyl (C=O) groups is 1. The molecule has 1 aromatic carbocycles. The Morgan fingerprint density at radius 2 is 2.20 bits per heavy atom. The Kier molecular flexibility index (Phi) is 4.09. The van der Waals surface area contributed by atoms with Gasteiger partial charge in [-0.3, -0.25) is 20.0 Å². The highest BCUT2D eigenvalue weighted by atomic mass is 16.6. The molecule has 0 fully saturated rings. The third kappa shape index (κ3) is 3.19. The Bertz CT molecular complexity index is 610. The van der Waals surface area contributed by atoms with Crippen LogP contribution in [0.15, 0.2) is 36.7 Å². The fourth-order valence-electron chi connectivity index (χ4n) is 1.86. The highest BCUT2D eigenvalue weighted by molar-refractivity contribution is 5.79. The highest BCUT2D eigenvalue weighted by Gasteiger charge is 2.17. The highest BCUT2D eigenvalue weighted by Crippen LogP contribution is 2.18. The molecule has 1 N–H and O–H groups in total. The summed E-state index contributed by atoms with van der Waals surface area (Å²) in [5, 5.41) is 17.4. The number of para-hydroxylation sites is 1. The summed E-state index contributed by atoms with van der Waals surface area (Å²) >= 11 is 0. The number of H-pyrrole nitrogens is 1. The fourth-order valence-corrected chi connectivity index (χ4v) is 1.86. The Morgan fingerprint density at radius 1 is 1.45 bits per heavy atom. The molecule has 1 heterocycles. The molecule has 0 saturated carbocycles. The second kappa shape index (κ2) is 5.96. The second-order valence-corrected chi connectivity index (χ2v) is 4.42. The van der Waals surface area contributed by atoms with Crippen molar-refractivity contribution >= 4 is 11.6 Å². The number of nitro benzene ring substituents is 1. The number of benzene rings is 1. The number of nitrogens with one attached hydrogen (secondary N) is 1. The summed E-state index contributed by atoms with van der Waals surface area (Å²) in [5.41, 5.74) is 1.27. The number of hydrogen-bond donors (Lipinski definition) is 1. The molecule has 0 aliphatic rings. The van der Waals surface area contributed by atoms with E-state index in [0.29, 0.717) is 12.1 Å². The van der Waals surface area contributed by atoms with Crippen molar-refractivity contribution in [1.29, 1.82) is 0 Å². The van der Waals surface area contributed by atoms with Gasteiger partial charge in [-0.1, -0.05) is 18.2 Å². The maximum atomic E-state index is 12.1. The first kappa shape index (κ1) is 13.7. The van der Waals surface area contributed by atoms with E-state index in [4.69, 9.17) is 0 Å². The minimum atomic E-state index is -0.474. The summed E-state index contributed by atoms with van der Waals surface area (Å²) in [6.07, 6.45) is 3.34. The lowest BCUT2D eigenvalue weighted by Crippen LogP contribution is -2.27. The number of hydrogen-bond acceptors (Lipinski definition) is 4. The number of likely N-dealkylation sites (N-methyl/N-ethyl adjacent to an activating group) is 1. The first-order valence-corrected chi connectivity index (χ1v) is 6.02. The van der Waals surface area contributed by atoms with Crippen LogP contribution < -0.4 is 0 Å². The summed E-state index contributed by atoms with van der Waals surface area (Å²) in [6, 6.07) is 6.27. The zero-order chi connectivity index (χ0) is 14.5. The lowest BCUT2D eigenvalue weighted by atomic mass is 10.1. The molecule has 0 unspecified atom stereocenters. The summed E-state index contributed by atoms with van der Waals surface area (Å²) in [4.78, 5) is 24.0. The molecular weight excluding hydrogens is 260 g/mol. The molecule has 20 heavy (non-hydrogen) atoms. The van der Waals surface area contributed by atoms with Crippen LogP contribution in [0, 0.1) is 10.1 Å². The predicted molar refractivity (Wildman–Crippen MR) is 71.9 cm³/mol. The van der Waals surface area contributed by atoms with Gasteiger partial charge in [-0.25, -0.2) is 0 Å². The molecule has 104 valence electrons. The van der Waals surface area contributed by atoms with Crippen LogP contribution in [-0.2, 0) is 17.8 Å². The van der Waals surface area contributed by atoms with E-state index in [0.717, 1.165) is 5.56 Å².